The van der Waals surface area contributed by atoms with Gasteiger partial charge in [-0.2, -0.15) is 0 Å². The minimum absolute atomic E-state index is 0.415. The van der Waals surface area contributed by atoms with Crippen LogP contribution in [-0.2, 0) is 0 Å². The predicted molar refractivity (Wildman–Crippen MR) is 83.7 cm³/mol. The first-order chi connectivity index (χ1) is 8.99. The van der Waals surface area contributed by atoms with Crippen molar-refractivity contribution in [2.75, 3.05) is 32.1 Å². The van der Waals surface area contributed by atoms with E-state index in [4.69, 9.17) is 0 Å². The molecule has 0 radical (unpaired) electrons. The number of benzene rings is 1. The summed E-state index contributed by atoms with van der Waals surface area (Å²) in [6.07, 6.45) is 2.09. The molecule has 1 heterocycles. The lowest BCUT2D eigenvalue weighted by Gasteiger charge is -2.30. The monoisotopic (exact) mass is 326 g/mol. The summed E-state index contributed by atoms with van der Waals surface area (Å²) in [6, 6.07) is 6.77. The largest absolute Gasteiger partial charge is 0.389 e. The molecule has 3 nitrogen and oxygen atoms in total. The second-order valence-corrected chi connectivity index (χ2v) is 6.49. The van der Waals surface area contributed by atoms with Crippen molar-refractivity contribution in [3.8, 4) is 0 Å². The molecule has 0 saturated carbocycles. The summed E-state index contributed by atoms with van der Waals surface area (Å²) < 4.78 is 1.08. The normalized spacial score (nSPS) is 21.2. The van der Waals surface area contributed by atoms with E-state index in [0.717, 1.165) is 23.1 Å². The Morgan fingerprint density at radius 2 is 2.21 bits per heavy atom. The van der Waals surface area contributed by atoms with Crippen LogP contribution in [-0.4, -0.2) is 43.2 Å². The van der Waals surface area contributed by atoms with E-state index in [-0.39, 0.29) is 0 Å². The van der Waals surface area contributed by atoms with Gasteiger partial charge < -0.3 is 14.9 Å². The summed E-state index contributed by atoms with van der Waals surface area (Å²) in [5.74, 6) is 0. The van der Waals surface area contributed by atoms with Crippen LogP contribution in [0.5, 0.6) is 0 Å². The average Bonchev–Trinajstić information content (AvgIpc) is 2.75. The lowest BCUT2D eigenvalue weighted by molar-refractivity contribution is 0.199. The average molecular weight is 327 g/mol. The SMILES string of the molecule is C[C@H](O)c1ccc(N2CCCC2CN(C)C)c(Br)c1. The van der Waals surface area contributed by atoms with Gasteiger partial charge in [-0.05, 0) is 67.5 Å². The molecular weight excluding hydrogens is 304 g/mol. The number of aliphatic hydroxyl groups is 1. The fourth-order valence-electron chi connectivity index (χ4n) is 2.78. The molecule has 106 valence electrons. The summed E-state index contributed by atoms with van der Waals surface area (Å²) in [4.78, 5) is 4.73. The molecule has 1 unspecified atom stereocenters. The lowest BCUT2D eigenvalue weighted by atomic mass is 10.1. The zero-order chi connectivity index (χ0) is 14.0. The van der Waals surface area contributed by atoms with Crippen molar-refractivity contribution in [1.29, 1.82) is 0 Å². The van der Waals surface area contributed by atoms with E-state index < -0.39 is 6.10 Å². The second kappa shape index (κ2) is 6.25. The van der Waals surface area contributed by atoms with Gasteiger partial charge in [0, 0.05) is 23.6 Å². The Bertz CT molecular complexity index is 434. The molecule has 0 aliphatic carbocycles. The van der Waals surface area contributed by atoms with Gasteiger partial charge in [0.2, 0.25) is 0 Å². The molecule has 0 aromatic heterocycles. The van der Waals surface area contributed by atoms with Crippen molar-refractivity contribution in [1.82, 2.24) is 4.90 Å². The fourth-order valence-corrected chi connectivity index (χ4v) is 3.40. The van der Waals surface area contributed by atoms with E-state index in [1.807, 2.05) is 12.1 Å². The third-order valence-corrected chi connectivity index (χ3v) is 4.35. The van der Waals surface area contributed by atoms with Crippen molar-refractivity contribution >= 4 is 21.6 Å². The summed E-state index contributed by atoms with van der Waals surface area (Å²) in [7, 11) is 4.25. The summed E-state index contributed by atoms with van der Waals surface area (Å²) in [5, 5.41) is 9.63. The standard InChI is InChI=1S/C15H23BrN2O/c1-11(19)12-6-7-15(14(16)9-12)18-8-4-5-13(18)10-17(2)3/h6-7,9,11,13,19H,4-5,8,10H2,1-3H3/t11-,13?/m0/s1. The minimum Gasteiger partial charge on any atom is -0.389 e. The molecule has 1 aliphatic rings. The third-order valence-electron chi connectivity index (χ3n) is 3.72. The highest BCUT2D eigenvalue weighted by Crippen LogP contribution is 2.34. The molecule has 1 fully saturated rings. The highest BCUT2D eigenvalue weighted by Gasteiger charge is 2.26. The molecular formula is C15H23BrN2O. The number of anilines is 1. The van der Waals surface area contributed by atoms with E-state index in [1.165, 1.54) is 18.5 Å². The summed E-state index contributed by atoms with van der Waals surface area (Å²) in [5.41, 5.74) is 2.20. The van der Waals surface area contributed by atoms with Crippen molar-refractivity contribution in [3.63, 3.8) is 0 Å². The molecule has 0 amide bonds. The Labute approximate surface area is 124 Å². The minimum atomic E-state index is -0.415. The van der Waals surface area contributed by atoms with E-state index in [0.29, 0.717) is 6.04 Å². The molecule has 1 saturated heterocycles. The maximum atomic E-state index is 9.63. The molecule has 4 heteroatoms. The van der Waals surface area contributed by atoms with Gasteiger partial charge >= 0.3 is 0 Å². The molecule has 1 aromatic carbocycles. The van der Waals surface area contributed by atoms with E-state index >= 15 is 0 Å². The van der Waals surface area contributed by atoms with Crippen LogP contribution < -0.4 is 4.90 Å². The Morgan fingerprint density at radius 3 is 2.79 bits per heavy atom. The van der Waals surface area contributed by atoms with Crippen LogP contribution in [0.2, 0.25) is 0 Å². The summed E-state index contributed by atoms with van der Waals surface area (Å²) in [6.45, 7) is 4.00. The number of nitrogens with zero attached hydrogens (tertiary/aromatic N) is 2. The molecule has 2 rings (SSSR count). The van der Waals surface area contributed by atoms with Crippen LogP contribution in [0.1, 0.15) is 31.4 Å². The van der Waals surface area contributed by atoms with Crippen molar-refractivity contribution in [2.24, 2.45) is 0 Å². The van der Waals surface area contributed by atoms with E-state index in [2.05, 4.69) is 45.9 Å². The number of hydrogen-bond donors (Lipinski definition) is 1. The topological polar surface area (TPSA) is 26.7 Å². The number of halogens is 1. The fraction of sp³-hybridized carbons (Fsp3) is 0.600. The summed E-state index contributed by atoms with van der Waals surface area (Å²) >= 11 is 3.65. The third kappa shape index (κ3) is 3.50. The number of aliphatic hydroxyl groups excluding tert-OH is 1. The molecule has 19 heavy (non-hydrogen) atoms. The van der Waals surface area contributed by atoms with Crippen LogP contribution >= 0.6 is 15.9 Å². The molecule has 1 aromatic rings. The number of hydrogen-bond acceptors (Lipinski definition) is 3. The lowest BCUT2D eigenvalue weighted by Crippen LogP contribution is -2.37. The van der Waals surface area contributed by atoms with Gasteiger partial charge in [0.1, 0.15) is 0 Å². The molecule has 1 N–H and O–H groups in total. The van der Waals surface area contributed by atoms with E-state index in [9.17, 15) is 5.11 Å². The van der Waals surface area contributed by atoms with Gasteiger partial charge in [0.05, 0.1) is 11.8 Å². The first-order valence-corrected chi connectivity index (χ1v) is 7.67. The Hall–Kier alpha value is -0.580. The van der Waals surface area contributed by atoms with Crippen molar-refractivity contribution in [2.45, 2.75) is 31.9 Å². The van der Waals surface area contributed by atoms with E-state index in [1.54, 1.807) is 6.92 Å². The maximum absolute atomic E-state index is 9.63. The first-order valence-electron chi connectivity index (χ1n) is 6.88. The predicted octanol–water partition coefficient (Wildman–Crippen LogP) is 3.03. The van der Waals surface area contributed by atoms with Gasteiger partial charge in [0.25, 0.3) is 0 Å². The Balaban J connectivity index is 2.21. The number of likely N-dealkylation sites (N-methyl/N-ethyl adjacent to an activating group) is 1. The van der Waals surface area contributed by atoms with Gasteiger partial charge in [-0.15, -0.1) is 0 Å². The van der Waals surface area contributed by atoms with Crippen molar-refractivity contribution < 1.29 is 5.11 Å². The second-order valence-electron chi connectivity index (χ2n) is 5.64. The Kier molecular flexibility index (Phi) is 4.87. The van der Waals surface area contributed by atoms with Crippen LogP contribution in [0.3, 0.4) is 0 Å². The van der Waals surface area contributed by atoms with Gasteiger partial charge in [-0.25, -0.2) is 0 Å². The quantitative estimate of drug-likeness (QED) is 0.921. The van der Waals surface area contributed by atoms with Crippen LogP contribution in [0.4, 0.5) is 5.69 Å². The molecule has 0 spiro atoms. The number of rotatable bonds is 4. The zero-order valence-electron chi connectivity index (χ0n) is 11.9. The molecule has 2 atom stereocenters. The first kappa shape index (κ1) is 14.8. The Morgan fingerprint density at radius 1 is 1.47 bits per heavy atom. The van der Waals surface area contributed by atoms with Gasteiger partial charge in [-0.3, -0.25) is 0 Å². The smallest absolute Gasteiger partial charge is 0.0762 e. The maximum Gasteiger partial charge on any atom is 0.0762 e. The van der Waals surface area contributed by atoms with Crippen molar-refractivity contribution in [3.05, 3.63) is 28.2 Å². The van der Waals surface area contributed by atoms with Crippen LogP contribution in [0.25, 0.3) is 0 Å². The zero-order valence-corrected chi connectivity index (χ0v) is 13.5. The molecule has 1 aliphatic heterocycles. The highest BCUT2D eigenvalue weighted by molar-refractivity contribution is 9.10. The van der Waals surface area contributed by atoms with Gasteiger partial charge in [-0.1, -0.05) is 6.07 Å². The van der Waals surface area contributed by atoms with Gasteiger partial charge in [0.15, 0.2) is 0 Å². The molecule has 0 bridgehead atoms. The van der Waals surface area contributed by atoms with Crippen LogP contribution in [0.15, 0.2) is 22.7 Å². The highest BCUT2D eigenvalue weighted by atomic mass is 79.9. The van der Waals surface area contributed by atoms with Crippen LogP contribution in [0, 0.1) is 0 Å².